The van der Waals surface area contributed by atoms with Gasteiger partial charge in [0.25, 0.3) is 0 Å². The summed E-state index contributed by atoms with van der Waals surface area (Å²) in [5.74, 6) is 0. The monoisotopic (exact) mass is 609 g/mol. The molecule has 0 aliphatic heterocycles. The lowest BCUT2D eigenvalue weighted by molar-refractivity contribution is 1.18. The molecule has 2 aromatic heterocycles. The predicted octanol–water partition coefficient (Wildman–Crippen LogP) is 12.4. The summed E-state index contributed by atoms with van der Waals surface area (Å²) in [6.45, 7) is 7.62. The Morgan fingerprint density at radius 3 is 1.81 bits per heavy atom. The van der Waals surface area contributed by atoms with Crippen LogP contribution in [0.3, 0.4) is 0 Å². The van der Waals surface area contributed by atoms with Gasteiger partial charge in [-0.15, -0.1) is 0 Å². The molecule has 0 aliphatic rings. The van der Waals surface area contributed by atoms with Crippen LogP contribution in [0.2, 0.25) is 0 Å². The molecule has 0 bridgehead atoms. The third kappa shape index (κ3) is 3.75. The van der Waals surface area contributed by atoms with E-state index in [4.69, 9.17) is 6.57 Å². The number of rotatable bonds is 3. The molecule has 0 spiro atoms. The highest BCUT2D eigenvalue weighted by atomic mass is 15.0. The van der Waals surface area contributed by atoms with Crippen LogP contribution >= 0.6 is 0 Å². The minimum Gasteiger partial charge on any atom is -0.309 e. The summed E-state index contributed by atoms with van der Waals surface area (Å²) in [4.78, 5) is 3.72. The van der Waals surface area contributed by atoms with Crippen molar-refractivity contribution in [1.82, 2.24) is 9.13 Å². The Kier molecular flexibility index (Phi) is 5.64. The first-order valence-corrected chi connectivity index (χ1v) is 16.2. The van der Waals surface area contributed by atoms with Gasteiger partial charge in [0.1, 0.15) is 0 Å². The van der Waals surface area contributed by atoms with Gasteiger partial charge in [-0.25, -0.2) is 4.85 Å². The fraction of sp³-hybridized carbons (Fsp3) is 0. The fourth-order valence-electron chi connectivity index (χ4n) is 7.84. The van der Waals surface area contributed by atoms with Crippen LogP contribution in [0, 0.1) is 6.57 Å². The number of nitrogens with zero attached hydrogens (tertiary/aromatic N) is 3. The second-order valence-corrected chi connectivity index (χ2v) is 12.4. The van der Waals surface area contributed by atoms with E-state index >= 15 is 0 Å². The predicted molar refractivity (Wildman–Crippen MR) is 202 cm³/mol. The fourth-order valence-corrected chi connectivity index (χ4v) is 7.84. The molecule has 0 unspecified atom stereocenters. The SMILES string of the molecule is [C-]#[N+]c1ccc2ccc3ccc(-n4c5ccccc5c5c(-c6cccc7c8ccccc8n(-c8ccccc8)c67)cccc54)cc3c2c1. The van der Waals surface area contributed by atoms with Crippen molar-refractivity contribution in [2.24, 2.45) is 0 Å². The summed E-state index contributed by atoms with van der Waals surface area (Å²) in [6, 6.07) is 58.6. The zero-order valence-electron chi connectivity index (χ0n) is 25.9. The van der Waals surface area contributed by atoms with E-state index in [1.807, 2.05) is 12.1 Å². The van der Waals surface area contributed by atoms with E-state index in [2.05, 4.69) is 166 Å². The van der Waals surface area contributed by atoms with Crippen molar-refractivity contribution in [3.8, 4) is 22.5 Å². The van der Waals surface area contributed by atoms with Gasteiger partial charge in [0.05, 0.1) is 28.6 Å². The van der Waals surface area contributed by atoms with Crippen molar-refractivity contribution < 1.29 is 0 Å². The first-order chi connectivity index (χ1) is 23.8. The van der Waals surface area contributed by atoms with E-state index in [1.54, 1.807) is 0 Å². The molecule has 0 amide bonds. The van der Waals surface area contributed by atoms with Crippen molar-refractivity contribution in [2.75, 3.05) is 0 Å². The third-order valence-corrected chi connectivity index (χ3v) is 9.89. The molecule has 0 radical (unpaired) electrons. The summed E-state index contributed by atoms with van der Waals surface area (Å²) >= 11 is 0. The maximum absolute atomic E-state index is 7.62. The molecule has 48 heavy (non-hydrogen) atoms. The minimum atomic E-state index is 0.656. The quantitative estimate of drug-likeness (QED) is 0.140. The average molecular weight is 610 g/mol. The third-order valence-electron chi connectivity index (χ3n) is 9.89. The highest BCUT2D eigenvalue weighted by Crippen LogP contribution is 2.44. The van der Waals surface area contributed by atoms with Crippen molar-refractivity contribution in [3.63, 3.8) is 0 Å². The van der Waals surface area contributed by atoms with Gasteiger partial charge >= 0.3 is 0 Å². The molecule has 222 valence electrons. The second kappa shape index (κ2) is 10.2. The summed E-state index contributed by atoms with van der Waals surface area (Å²) < 4.78 is 4.82. The van der Waals surface area contributed by atoms with E-state index < -0.39 is 0 Å². The molecule has 3 heteroatoms. The Bertz CT molecular complexity index is 2950. The molecule has 2 heterocycles. The van der Waals surface area contributed by atoms with Crippen LogP contribution in [0.25, 0.3) is 92.5 Å². The molecule has 10 rings (SSSR count). The van der Waals surface area contributed by atoms with Gasteiger partial charge in [0.15, 0.2) is 5.69 Å². The highest BCUT2D eigenvalue weighted by Gasteiger charge is 2.21. The van der Waals surface area contributed by atoms with Crippen molar-refractivity contribution in [3.05, 3.63) is 175 Å². The van der Waals surface area contributed by atoms with Crippen molar-refractivity contribution >= 4 is 70.8 Å². The minimum absolute atomic E-state index is 0.656. The van der Waals surface area contributed by atoms with Crippen LogP contribution in [-0.4, -0.2) is 9.13 Å². The largest absolute Gasteiger partial charge is 0.309 e. The summed E-state index contributed by atoms with van der Waals surface area (Å²) in [5.41, 5.74) is 10.1. The summed E-state index contributed by atoms with van der Waals surface area (Å²) in [7, 11) is 0. The van der Waals surface area contributed by atoms with Gasteiger partial charge in [0, 0.05) is 38.5 Å². The summed E-state index contributed by atoms with van der Waals surface area (Å²) in [5, 5.41) is 9.49. The molecule has 0 saturated heterocycles. The van der Waals surface area contributed by atoms with E-state index in [0.29, 0.717) is 5.69 Å². The lowest BCUT2D eigenvalue weighted by Crippen LogP contribution is -1.96. The first-order valence-electron chi connectivity index (χ1n) is 16.2. The van der Waals surface area contributed by atoms with E-state index in [9.17, 15) is 0 Å². The molecule has 0 saturated carbocycles. The van der Waals surface area contributed by atoms with Crippen molar-refractivity contribution in [1.29, 1.82) is 0 Å². The Balaban J connectivity index is 1.30. The van der Waals surface area contributed by atoms with Crippen LogP contribution < -0.4 is 0 Å². The molecule has 0 aliphatic carbocycles. The molecule has 10 aromatic rings. The van der Waals surface area contributed by atoms with E-state index in [0.717, 1.165) is 44.0 Å². The van der Waals surface area contributed by atoms with Crippen LogP contribution in [0.15, 0.2) is 164 Å². The van der Waals surface area contributed by atoms with Crippen molar-refractivity contribution in [2.45, 2.75) is 0 Å². The number of hydrogen-bond donors (Lipinski definition) is 0. The van der Waals surface area contributed by atoms with Crippen LogP contribution in [0.1, 0.15) is 0 Å². The lowest BCUT2D eigenvalue weighted by Gasteiger charge is -2.13. The number of hydrogen-bond acceptors (Lipinski definition) is 0. The Morgan fingerprint density at radius 2 is 1.00 bits per heavy atom. The van der Waals surface area contributed by atoms with Gasteiger partial charge in [-0.2, -0.15) is 0 Å². The number of benzene rings is 8. The molecular formula is C45H27N3. The van der Waals surface area contributed by atoms with E-state index in [1.165, 1.54) is 43.7 Å². The number of para-hydroxylation sites is 4. The van der Waals surface area contributed by atoms with Gasteiger partial charge in [-0.1, -0.05) is 115 Å². The molecule has 0 N–H and O–H groups in total. The zero-order chi connectivity index (χ0) is 31.8. The molecular weight excluding hydrogens is 583 g/mol. The smallest absolute Gasteiger partial charge is 0.187 e. The Hall–Kier alpha value is -6.63. The van der Waals surface area contributed by atoms with Crippen LogP contribution in [-0.2, 0) is 0 Å². The Labute approximate surface area is 276 Å². The second-order valence-electron chi connectivity index (χ2n) is 12.4. The Morgan fingerprint density at radius 1 is 0.396 bits per heavy atom. The standard InChI is InChI=1S/C45H27N3/c1-46-31-25-23-29-21-22-30-24-26-33(28-40(30)39(29)27-31)47-42-19-8-6-14-38(42)44-35(15-10-20-43(44)47)37-17-9-16-36-34-13-5-7-18-41(34)48(45(36)37)32-11-3-2-4-12-32/h2-28H. The highest BCUT2D eigenvalue weighted by molar-refractivity contribution is 6.21. The van der Waals surface area contributed by atoms with Gasteiger partial charge in [-0.05, 0) is 75.6 Å². The number of fused-ring (bicyclic) bond motifs is 9. The first kappa shape index (κ1) is 26.6. The lowest BCUT2D eigenvalue weighted by atomic mass is 9.97. The van der Waals surface area contributed by atoms with E-state index in [-0.39, 0.29) is 0 Å². The van der Waals surface area contributed by atoms with Gasteiger partial charge in [0.2, 0.25) is 0 Å². The topological polar surface area (TPSA) is 14.2 Å². The molecule has 0 fully saturated rings. The maximum atomic E-state index is 7.62. The maximum Gasteiger partial charge on any atom is 0.187 e. The zero-order valence-corrected chi connectivity index (χ0v) is 25.9. The van der Waals surface area contributed by atoms with Crippen LogP contribution in [0.4, 0.5) is 5.69 Å². The van der Waals surface area contributed by atoms with Gasteiger partial charge < -0.3 is 9.13 Å². The molecule has 8 aromatic carbocycles. The number of aromatic nitrogens is 2. The van der Waals surface area contributed by atoms with Gasteiger partial charge in [-0.3, -0.25) is 0 Å². The normalized spacial score (nSPS) is 11.7. The average Bonchev–Trinajstić information content (AvgIpc) is 3.68. The summed E-state index contributed by atoms with van der Waals surface area (Å²) in [6.07, 6.45) is 0. The molecule has 3 nitrogen and oxygen atoms in total. The molecule has 0 atom stereocenters. The van der Waals surface area contributed by atoms with Crippen LogP contribution in [0.5, 0.6) is 0 Å².